The normalized spacial score (nSPS) is 12.6. The second-order valence-corrected chi connectivity index (χ2v) is 5.65. The van der Waals surface area contributed by atoms with Gasteiger partial charge in [0.25, 0.3) is 0 Å². The van der Waals surface area contributed by atoms with E-state index >= 15 is 0 Å². The van der Waals surface area contributed by atoms with E-state index in [0.29, 0.717) is 22.9 Å². The Bertz CT molecular complexity index is 568. The SMILES string of the molecule is CCCn1ncnc1CC(N)Cc1ccc(Cl)cc1Cl. The summed E-state index contributed by atoms with van der Waals surface area (Å²) >= 11 is 12.1. The predicted octanol–water partition coefficient (Wildman–Crippen LogP) is 3.11. The minimum absolute atomic E-state index is 0.0477. The first-order chi connectivity index (χ1) is 9.60. The van der Waals surface area contributed by atoms with Gasteiger partial charge in [-0.1, -0.05) is 36.2 Å². The summed E-state index contributed by atoms with van der Waals surface area (Å²) in [6.45, 7) is 2.97. The number of nitrogens with zero attached hydrogens (tertiary/aromatic N) is 3. The quantitative estimate of drug-likeness (QED) is 0.891. The van der Waals surface area contributed by atoms with E-state index in [9.17, 15) is 0 Å². The molecule has 1 aromatic heterocycles. The standard InChI is InChI=1S/C14H18Cl2N4/c1-2-5-20-14(18-9-19-20)8-12(17)6-10-3-4-11(15)7-13(10)16/h3-4,7,9,12H,2,5-6,8,17H2,1H3. The zero-order valence-electron chi connectivity index (χ0n) is 11.4. The van der Waals surface area contributed by atoms with Crippen molar-refractivity contribution in [2.75, 3.05) is 0 Å². The number of hydrogen-bond donors (Lipinski definition) is 1. The Morgan fingerprint density at radius 3 is 2.80 bits per heavy atom. The Balaban J connectivity index is 2.01. The second kappa shape index (κ2) is 7.07. The van der Waals surface area contributed by atoms with Crippen molar-refractivity contribution in [1.82, 2.24) is 14.8 Å². The van der Waals surface area contributed by atoms with Gasteiger partial charge in [0.15, 0.2) is 0 Å². The van der Waals surface area contributed by atoms with Gasteiger partial charge in [-0.2, -0.15) is 5.10 Å². The van der Waals surface area contributed by atoms with Gasteiger partial charge in [0.1, 0.15) is 12.2 Å². The minimum atomic E-state index is -0.0477. The first-order valence-corrected chi connectivity index (χ1v) is 7.42. The van der Waals surface area contributed by atoms with Gasteiger partial charge in [-0.3, -0.25) is 4.68 Å². The number of halogens is 2. The average molecular weight is 313 g/mol. The van der Waals surface area contributed by atoms with E-state index in [-0.39, 0.29) is 6.04 Å². The van der Waals surface area contributed by atoms with Gasteiger partial charge in [0, 0.05) is 29.1 Å². The van der Waals surface area contributed by atoms with Crippen LogP contribution in [0, 0.1) is 0 Å². The van der Waals surface area contributed by atoms with E-state index in [1.165, 1.54) is 0 Å². The molecule has 0 fully saturated rings. The smallest absolute Gasteiger partial charge is 0.138 e. The van der Waals surface area contributed by atoms with Gasteiger partial charge in [0.05, 0.1) is 0 Å². The largest absolute Gasteiger partial charge is 0.327 e. The molecule has 0 spiro atoms. The highest BCUT2D eigenvalue weighted by Crippen LogP contribution is 2.22. The maximum absolute atomic E-state index is 6.20. The molecule has 1 unspecified atom stereocenters. The molecule has 2 rings (SSSR count). The van der Waals surface area contributed by atoms with E-state index < -0.39 is 0 Å². The molecule has 4 nitrogen and oxygen atoms in total. The molecule has 20 heavy (non-hydrogen) atoms. The lowest BCUT2D eigenvalue weighted by molar-refractivity contribution is 0.540. The molecule has 2 aromatic rings. The van der Waals surface area contributed by atoms with Gasteiger partial charge in [0.2, 0.25) is 0 Å². The minimum Gasteiger partial charge on any atom is -0.327 e. The molecule has 0 saturated carbocycles. The number of nitrogens with two attached hydrogens (primary N) is 1. The van der Waals surface area contributed by atoms with Crippen LogP contribution >= 0.6 is 23.2 Å². The maximum Gasteiger partial charge on any atom is 0.138 e. The first-order valence-electron chi connectivity index (χ1n) is 6.66. The molecular formula is C14H18Cl2N4. The van der Waals surface area contributed by atoms with E-state index in [1.807, 2.05) is 16.8 Å². The molecule has 0 aliphatic carbocycles. The van der Waals surface area contributed by atoms with E-state index in [4.69, 9.17) is 28.9 Å². The lowest BCUT2D eigenvalue weighted by atomic mass is 10.0. The third kappa shape index (κ3) is 3.95. The summed E-state index contributed by atoms with van der Waals surface area (Å²) in [6.07, 6.45) is 3.97. The Morgan fingerprint density at radius 1 is 1.30 bits per heavy atom. The molecule has 1 heterocycles. The van der Waals surface area contributed by atoms with E-state index in [1.54, 1.807) is 12.4 Å². The van der Waals surface area contributed by atoms with Crippen molar-refractivity contribution in [1.29, 1.82) is 0 Å². The summed E-state index contributed by atoms with van der Waals surface area (Å²) in [6, 6.07) is 5.44. The Morgan fingerprint density at radius 2 is 2.10 bits per heavy atom. The van der Waals surface area contributed by atoms with E-state index in [0.717, 1.165) is 24.4 Å². The molecule has 1 aromatic carbocycles. The van der Waals surface area contributed by atoms with Gasteiger partial charge in [-0.15, -0.1) is 0 Å². The Labute approximate surface area is 128 Å². The van der Waals surface area contributed by atoms with Crippen LogP contribution in [0.25, 0.3) is 0 Å². The number of aromatic nitrogens is 3. The fraction of sp³-hybridized carbons (Fsp3) is 0.429. The van der Waals surface area contributed by atoms with Crippen molar-refractivity contribution >= 4 is 23.2 Å². The van der Waals surface area contributed by atoms with Crippen molar-refractivity contribution < 1.29 is 0 Å². The maximum atomic E-state index is 6.20. The molecule has 0 aliphatic rings. The highest BCUT2D eigenvalue weighted by atomic mass is 35.5. The predicted molar refractivity (Wildman–Crippen MR) is 82.2 cm³/mol. The molecule has 6 heteroatoms. The number of benzene rings is 1. The number of hydrogen-bond acceptors (Lipinski definition) is 3. The van der Waals surface area contributed by atoms with Crippen LogP contribution in [0.15, 0.2) is 24.5 Å². The molecular weight excluding hydrogens is 295 g/mol. The monoisotopic (exact) mass is 312 g/mol. The van der Waals surface area contributed by atoms with Crippen molar-refractivity contribution in [3.63, 3.8) is 0 Å². The molecule has 0 aliphatic heterocycles. The van der Waals surface area contributed by atoms with Gasteiger partial charge < -0.3 is 5.73 Å². The van der Waals surface area contributed by atoms with Crippen LogP contribution in [-0.2, 0) is 19.4 Å². The van der Waals surface area contributed by atoms with Crippen molar-refractivity contribution in [3.05, 3.63) is 46.0 Å². The molecule has 0 amide bonds. The molecule has 2 N–H and O–H groups in total. The first kappa shape index (κ1) is 15.3. The van der Waals surface area contributed by atoms with Gasteiger partial charge in [-0.05, 0) is 30.5 Å². The van der Waals surface area contributed by atoms with Crippen LogP contribution in [0.4, 0.5) is 0 Å². The van der Waals surface area contributed by atoms with Crippen LogP contribution < -0.4 is 5.73 Å². The highest BCUT2D eigenvalue weighted by Gasteiger charge is 2.12. The Kier molecular flexibility index (Phi) is 5.40. The summed E-state index contributed by atoms with van der Waals surface area (Å²) in [5.74, 6) is 0.921. The van der Waals surface area contributed by atoms with Gasteiger partial charge >= 0.3 is 0 Å². The summed E-state index contributed by atoms with van der Waals surface area (Å²) in [5, 5.41) is 5.49. The van der Waals surface area contributed by atoms with Crippen molar-refractivity contribution in [3.8, 4) is 0 Å². The van der Waals surface area contributed by atoms with Crippen LogP contribution in [-0.4, -0.2) is 20.8 Å². The fourth-order valence-electron chi connectivity index (χ4n) is 2.12. The molecule has 0 saturated heterocycles. The second-order valence-electron chi connectivity index (χ2n) is 4.80. The van der Waals surface area contributed by atoms with Crippen molar-refractivity contribution in [2.24, 2.45) is 5.73 Å². The molecule has 108 valence electrons. The van der Waals surface area contributed by atoms with Crippen LogP contribution in [0.5, 0.6) is 0 Å². The third-order valence-corrected chi connectivity index (χ3v) is 3.66. The zero-order chi connectivity index (χ0) is 14.5. The number of aryl methyl sites for hydroxylation is 1. The molecule has 1 atom stereocenters. The molecule has 0 bridgehead atoms. The summed E-state index contributed by atoms with van der Waals surface area (Å²) in [4.78, 5) is 4.27. The number of rotatable bonds is 6. The molecule has 0 radical (unpaired) electrons. The fourth-order valence-corrected chi connectivity index (χ4v) is 2.61. The highest BCUT2D eigenvalue weighted by molar-refractivity contribution is 6.35. The van der Waals surface area contributed by atoms with Crippen LogP contribution in [0.3, 0.4) is 0 Å². The van der Waals surface area contributed by atoms with Crippen LogP contribution in [0.2, 0.25) is 10.0 Å². The van der Waals surface area contributed by atoms with Crippen molar-refractivity contribution in [2.45, 2.75) is 38.8 Å². The zero-order valence-corrected chi connectivity index (χ0v) is 12.9. The van der Waals surface area contributed by atoms with Gasteiger partial charge in [-0.25, -0.2) is 4.98 Å². The van der Waals surface area contributed by atoms with E-state index in [2.05, 4.69) is 17.0 Å². The third-order valence-electron chi connectivity index (χ3n) is 3.07. The lowest BCUT2D eigenvalue weighted by Gasteiger charge is -2.13. The summed E-state index contributed by atoms with van der Waals surface area (Å²) in [7, 11) is 0. The topological polar surface area (TPSA) is 56.7 Å². The Hall–Kier alpha value is -1.10. The lowest BCUT2D eigenvalue weighted by Crippen LogP contribution is -2.27. The summed E-state index contributed by atoms with van der Waals surface area (Å²) in [5.41, 5.74) is 7.20. The average Bonchev–Trinajstić information content (AvgIpc) is 2.81. The van der Waals surface area contributed by atoms with Crippen LogP contribution in [0.1, 0.15) is 24.7 Å². The summed E-state index contributed by atoms with van der Waals surface area (Å²) < 4.78 is 1.91.